The number of nitrogens with zero attached hydrogens (tertiary/aromatic N) is 3. The molecular formula is C20H24FIN4O2. The highest BCUT2D eigenvalue weighted by molar-refractivity contribution is 14.0. The van der Waals surface area contributed by atoms with Gasteiger partial charge in [0.05, 0.1) is 25.3 Å². The molecule has 1 N–H and O–H groups in total. The molecule has 2 aromatic rings. The summed E-state index contributed by atoms with van der Waals surface area (Å²) in [5.41, 5.74) is 0.836. The van der Waals surface area contributed by atoms with Gasteiger partial charge in [0.15, 0.2) is 5.96 Å². The van der Waals surface area contributed by atoms with Gasteiger partial charge in [0.1, 0.15) is 23.9 Å². The fourth-order valence-electron chi connectivity index (χ4n) is 2.42. The Balaban J connectivity index is 0.00000392. The van der Waals surface area contributed by atoms with Crippen LogP contribution in [-0.2, 0) is 6.54 Å². The van der Waals surface area contributed by atoms with E-state index >= 15 is 0 Å². The molecule has 0 amide bonds. The molecule has 6 nitrogen and oxygen atoms in total. The standard InChI is InChI=1S/C20H23FN4O2.HI/c1-23-20(24-14-16-12-15(13-22)4-9-19(16)21)25(2)10-11-27-18-7-5-17(26-3)6-8-18;/h4-9,12H,10-11,14H2,1-3H3,(H,23,24);1H. The lowest BCUT2D eigenvalue weighted by Crippen LogP contribution is -2.40. The van der Waals surface area contributed by atoms with Crippen molar-refractivity contribution in [3.63, 3.8) is 0 Å². The zero-order valence-corrected chi connectivity index (χ0v) is 18.4. The average molecular weight is 498 g/mol. The van der Waals surface area contributed by atoms with Crippen LogP contribution in [0, 0.1) is 17.1 Å². The lowest BCUT2D eigenvalue weighted by molar-refractivity contribution is 0.281. The molecule has 0 aliphatic heterocycles. The number of aliphatic imine (C=N–C) groups is 1. The first-order chi connectivity index (χ1) is 13.1. The van der Waals surface area contributed by atoms with Crippen molar-refractivity contribution in [2.24, 2.45) is 4.99 Å². The number of nitriles is 1. The monoisotopic (exact) mass is 498 g/mol. The fourth-order valence-corrected chi connectivity index (χ4v) is 2.42. The molecule has 0 aromatic heterocycles. The Bertz CT molecular complexity index is 822. The summed E-state index contributed by atoms with van der Waals surface area (Å²) in [5, 5.41) is 12.0. The van der Waals surface area contributed by atoms with Crippen LogP contribution in [-0.4, -0.2) is 45.2 Å². The second-order valence-electron chi connectivity index (χ2n) is 5.76. The minimum absolute atomic E-state index is 0. The van der Waals surface area contributed by atoms with Gasteiger partial charge in [0, 0.05) is 26.2 Å². The van der Waals surface area contributed by atoms with Gasteiger partial charge < -0.3 is 19.7 Å². The van der Waals surface area contributed by atoms with Gasteiger partial charge >= 0.3 is 0 Å². The van der Waals surface area contributed by atoms with Crippen LogP contribution < -0.4 is 14.8 Å². The third kappa shape index (κ3) is 6.88. The number of hydrogen-bond acceptors (Lipinski definition) is 4. The summed E-state index contributed by atoms with van der Waals surface area (Å²) in [5.74, 6) is 1.77. The van der Waals surface area contributed by atoms with Gasteiger partial charge in [-0.15, -0.1) is 24.0 Å². The van der Waals surface area contributed by atoms with Gasteiger partial charge in [-0.25, -0.2) is 4.39 Å². The Hall–Kier alpha value is -2.54. The lowest BCUT2D eigenvalue weighted by atomic mass is 10.1. The van der Waals surface area contributed by atoms with Gasteiger partial charge in [-0.3, -0.25) is 4.99 Å². The van der Waals surface area contributed by atoms with Crippen molar-refractivity contribution < 1.29 is 13.9 Å². The first-order valence-corrected chi connectivity index (χ1v) is 8.44. The van der Waals surface area contributed by atoms with Gasteiger partial charge in [-0.05, 0) is 42.5 Å². The van der Waals surface area contributed by atoms with Crippen LogP contribution in [0.5, 0.6) is 11.5 Å². The highest BCUT2D eigenvalue weighted by Gasteiger charge is 2.09. The van der Waals surface area contributed by atoms with Crippen molar-refractivity contribution in [3.8, 4) is 17.6 Å². The van der Waals surface area contributed by atoms with E-state index in [1.807, 2.05) is 42.3 Å². The SMILES string of the molecule is CN=C(NCc1cc(C#N)ccc1F)N(C)CCOc1ccc(OC)cc1.I. The van der Waals surface area contributed by atoms with Crippen molar-refractivity contribution in [1.82, 2.24) is 10.2 Å². The van der Waals surface area contributed by atoms with Crippen molar-refractivity contribution in [1.29, 1.82) is 5.26 Å². The normalized spacial score (nSPS) is 10.5. The van der Waals surface area contributed by atoms with Gasteiger partial charge in [0.25, 0.3) is 0 Å². The van der Waals surface area contributed by atoms with Crippen LogP contribution in [0.4, 0.5) is 4.39 Å². The van der Waals surface area contributed by atoms with E-state index in [0.717, 1.165) is 11.5 Å². The molecule has 0 saturated heterocycles. The van der Waals surface area contributed by atoms with E-state index in [-0.39, 0.29) is 36.3 Å². The summed E-state index contributed by atoms with van der Waals surface area (Å²) >= 11 is 0. The van der Waals surface area contributed by atoms with Crippen LogP contribution in [0.25, 0.3) is 0 Å². The highest BCUT2D eigenvalue weighted by Crippen LogP contribution is 2.16. The molecule has 0 aliphatic carbocycles. The van der Waals surface area contributed by atoms with Gasteiger partial charge in [-0.1, -0.05) is 0 Å². The third-order valence-electron chi connectivity index (χ3n) is 3.94. The molecule has 0 radical (unpaired) electrons. The molecule has 0 saturated carbocycles. The maximum Gasteiger partial charge on any atom is 0.193 e. The Kier molecular flexibility index (Phi) is 10.1. The van der Waals surface area contributed by atoms with Gasteiger partial charge in [0.2, 0.25) is 0 Å². The van der Waals surface area contributed by atoms with Gasteiger partial charge in [-0.2, -0.15) is 5.26 Å². The minimum atomic E-state index is -0.359. The summed E-state index contributed by atoms with van der Waals surface area (Å²) in [6.45, 7) is 1.28. The number of nitrogens with one attached hydrogen (secondary N) is 1. The molecule has 0 fully saturated rings. The second kappa shape index (κ2) is 12.0. The molecule has 0 bridgehead atoms. The number of rotatable bonds is 7. The van der Waals surface area contributed by atoms with Crippen LogP contribution in [0.1, 0.15) is 11.1 Å². The first-order valence-electron chi connectivity index (χ1n) is 8.44. The highest BCUT2D eigenvalue weighted by atomic mass is 127. The van der Waals surface area contributed by atoms with Crippen LogP contribution in [0.3, 0.4) is 0 Å². The van der Waals surface area contributed by atoms with Crippen LogP contribution in [0.15, 0.2) is 47.5 Å². The summed E-state index contributed by atoms with van der Waals surface area (Å²) in [6.07, 6.45) is 0. The molecule has 0 aliphatic rings. The first kappa shape index (κ1) is 23.5. The maximum absolute atomic E-state index is 13.9. The second-order valence-corrected chi connectivity index (χ2v) is 5.76. The third-order valence-corrected chi connectivity index (χ3v) is 3.94. The summed E-state index contributed by atoms with van der Waals surface area (Å²) in [6, 6.07) is 13.7. The van der Waals surface area contributed by atoms with E-state index in [1.165, 1.54) is 18.2 Å². The van der Waals surface area contributed by atoms with Crippen LogP contribution >= 0.6 is 24.0 Å². The maximum atomic E-state index is 13.9. The number of halogens is 2. The molecule has 2 rings (SSSR count). The Morgan fingerprint density at radius 2 is 1.89 bits per heavy atom. The fraction of sp³-hybridized carbons (Fsp3) is 0.300. The molecule has 2 aromatic carbocycles. The van der Waals surface area contributed by atoms with E-state index in [9.17, 15) is 4.39 Å². The molecule has 0 heterocycles. The zero-order valence-electron chi connectivity index (χ0n) is 16.1. The summed E-state index contributed by atoms with van der Waals surface area (Å²) in [7, 11) is 5.14. The topological polar surface area (TPSA) is 69.9 Å². The van der Waals surface area contributed by atoms with Crippen molar-refractivity contribution in [2.75, 3.05) is 34.4 Å². The Morgan fingerprint density at radius 3 is 2.50 bits per heavy atom. The van der Waals surface area contributed by atoms with E-state index in [4.69, 9.17) is 14.7 Å². The number of guanidine groups is 1. The van der Waals surface area contributed by atoms with E-state index in [1.54, 1.807) is 14.2 Å². The average Bonchev–Trinajstić information content (AvgIpc) is 2.70. The van der Waals surface area contributed by atoms with Crippen LogP contribution in [0.2, 0.25) is 0 Å². The number of benzene rings is 2. The zero-order chi connectivity index (χ0) is 19.6. The molecule has 8 heteroatoms. The smallest absolute Gasteiger partial charge is 0.193 e. The molecule has 0 spiro atoms. The molecule has 0 unspecified atom stereocenters. The molecule has 150 valence electrons. The van der Waals surface area contributed by atoms with Crippen molar-refractivity contribution in [2.45, 2.75) is 6.54 Å². The molecule has 0 atom stereocenters. The predicted molar refractivity (Wildman–Crippen MR) is 118 cm³/mol. The minimum Gasteiger partial charge on any atom is -0.497 e. The number of methoxy groups -OCH3 is 1. The molecule has 28 heavy (non-hydrogen) atoms. The van der Waals surface area contributed by atoms with E-state index in [0.29, 0.717) is 30.2 Å². The number of hydrogen-bond donors (Lipinski definition) is 1. The Morgan fingerprint density at radius 1 is 1.21 bits per heavy atom. The van der Waals surface area contributed by atoms with Crippen molar-refractivity contribution >= 4 is 29.9 Å². The van der Waals surface area contributed by atoms with Crippen molar-refractivity contribution in [3.05, 3.63) is 59.4 Å². The Labute approximate surface area is 182 Å². The van der Waals surface area contributed by atoms with E-state index in [2.05, 4.69) is 10.3 Å². The summed E-state index contributed by atoms with van der Waals surface area (Å²) in [4.78, 5) is 6.08. The largest absolute Gasteiger partial charge is 0.497 e. The number of ether oxygens (including phenoxy) is 2. The van der Waals surface area contributed by atoms with E-state index < -0.39 is 0 Å². The quantitative estimate of drug-likeness (QED) is 0.360. The number of likely N-dealkylation sites (N-methyl/N-ethyl adjacent to an activating group) is 1. The molecular weight excluding hydrogens is 474 g/mol. The lowest BCUT2D eigenvalue weighted by Gasteiger charge is -2.22. The summed E-state index contributed by atoms with van der Waals surface area (Å²) < 4.78 is 24.7. The predicted octanol–water partition coefficient (Wildman–Crippen LogP) is 3.41.